The predicted octanol–water partition coefficient (Wildman–Crippen LogP) is 8.19. The van der Waals surface area contributed by atoms with Crippen LogP contribution in [0.5, 0.6) is 0 Å². The quantitative estimate of drug-likeness (QED) is 0.144. The first kappa shape index (κ1) is 30.0. The number of hydrogen-bond acceptors (Lipinski definition) is 4. The largest absolute Gasteiger partial charge is 0.387 e. The summed E-state index contributed by atoms with van der Waals surface area (Å²) in [5.41, 5.74) is -2.68. The number of fused-ring (bicyclic) bond motifs is 4. The second-order valence-electron chi connectivity index (χ2n) is 12.5. The molecule has 0 aliphatic carbocycles. The van der Waals surface area contributed by atoms with E-state index in [1.165, 1.54) is 0 Å². The molecule has 0 amide bonds. The number of aliphatic hydroxyl groups is 4. The second-order valence-corrected chi connectivity index (χ2v) is 12.5. The number of rotatable bonds is 7. The fourth-order valence-electron chi connectivity index (χ4n) is 7.62. The summed E-state index contributed by atoms with van der Waals surface area (Å²) in [6.45, 7) is 0. The lowest BCUT2D eigenvalue weighted by Gasteiger charge is -2.44. The van der Waals surface area contributed by atoms with Crippen molar-refractivity contribution in [2.24, 2.45) is 0 Å². The number of benzene rings is 8. The first-order valence-electron chi connectivity index (χ1n) is 16.2. The maximum Gasteiger partial charge on any atom is 0.144 e. The number of hydrogen-bond donors (Lipinski definition) is 4. The Balaban J connectivity index is 1.45. The molecule has 0 saturated carbocycles. The van der Waals surface area contributed by atoms with Crippen molar-refractivity contribution in [2.75, 3.05) is 0 Å². The highest BCUT2D eigenvalue weighted by Gasteiger charge is 2.53. The highest BCUT2D eigenvalue weighted by molar-refractivity contribution is 5.93. The molecule has 0 fully saturated rings. The Morgan fingerprint density at radius 3 is 0.750 bits per heavy atom. The molecule has 234 valence electrons. The molecule has 0 saturated heterocycles. The van der Waals surface area contributed by atoms with E-state index in [1.807, 2.05) is 146 Å². The van der Waals surface area contributed by atoms with Gasteiger partial charge in [0.25, 0.3) is 0 Å². The number of aliphatic hydroxyl groups excluding tert-OH is 2. The summed E-state index contributed by atoms with van der Waals surface area (Å²) in [6.07, 6.45) is -3.84. The Bertz CT molecular complexity index is 2100. The lowest BCUT2D eigenvalue weighted by Crippen LogP contribution is -2.56. The highest BCUT2D eigenvalue weighted by atomic mass is 16.4. The van der Waals surface area contributed by atoms with Crippen LogP contribution in [0.25, 0.3) is 43.1 Å². The van der Waals surface area contributed by atoms with Gasteiger partial charge in [-0.15, -0.1) is 0 Å². The summed E-state index contributed by atoms with van der Waals surface area (Å²) in [5.74, 6) is 0. The van der Waals surface area contributed by atoms with E-state index in [-0.39, 0.29) is 0 Å². The fourth-order valence-corrected chi connectivity index (χ4v) is 7.62. The average molecular weight is 627 g/mol. The first-order valence-corrected chi connectivity index (χ1v) is 16.2. The normalized spacial score (nSPS) is 13.7. The minimum absolute atomic E-state index is 0.418. The van der Waals surface area contributed by atoms with Crippen LogP contribution in [0.15, 0.2) is 170 Å². The Morgan fingerprint density at radius 1 is 0.292 bits per heavy atom. The van der Waals surface area contributed by atoms with Gasteiger partial charge < -0.3 is 20.4 Å². The van der Waals surface area contributed by atoms with Crippen LogP contribution in [0, 0.1) is 0 Å². The molecule has 0 radical (unpaired) electrons. The molecule has 0 bridgehead atoms. The lowest BCUT2D eigenvalue weighted by atomic mass is 9.69. The van der Waals surface area contributed by atoms with Crippen LogP contribution >= 0.6 is 0 Å². The lowest BCUT2D eigenvalue weighted by molar-refractivity contribution is -0.165. The molecule has 4 nitrogen and oxygen atoms in total. The Morgan fingerprint density at radius 2 is 0.500 bits per heavy atom. The van der Waals surface area contributed by atoms with Crippen LogP contribution in [0.4, 0.5) is 0 Å². The molecule has 0 heterocycles. The van der Waals surface area contributed by atoms with Crippen molar-refractivity contribution in [2.45, 2.75) is 23.4 Å². The van der Waals surface area contributed by atoms with Crippen LogP contribution in [0.1, 0.15) is 22.3 Å². The molecule has 8 rings (SSSR count). The maximum atomic E-state index is 13.4. The van der Waals surface area contributed by atoms with Crippen LogP contribution < -0.4 is 0 Å². The third kappa shape index (κ3) is 4.54. The summed E-state index contributed by atoms with van der Waals surface area (Å²) in [5, 5.41) is 58.7. The Kier molecular flexibility index (Phi) is 7.32. The van der Waals surface area contributed by atoms with E-state index >= 15 is 0 Å². The van der Waals surface area contributed by atoms with E-state index < -0.39 is 23.4 Å². The zero-order valence-corrected chi connectivity index (χ0v) is 26.1. The van der Waals surface area contributed by atoms with Gasteiger partial charge in [0.1, 0.15) is 23.4 Å². The monoisotopic (exact) mass is 626 g/mol. The summed E-state index contributed by atoms with van der Waals surface area (Å²) < 4.78 is 0. The van der Waals surface area contributed by atoms with Crippen LogP contribution in [0.3, 0.4) is 0 Å². The van der Waals surface area contributed by atoms with E-state index in [1.54, 1.807) is 24.3 Å². The van der Waals surface area contributed by atoms with E-state index in [0.29, 0.717) is 22.3 Å². The van der Waals surface area contributed by atoms with Gasteiger partial charge in [-0.05, 0) is 65.3 Å². The average Bonchev–Trinajstić information content (AvgIpc) is 3.15. The van der Waals surface area contributed by atoms with E-state index in [9.17, 15) is 20.4 Å². The smallest absolute Gasteiger partial charge is 0.144 e. The van der Waals surface area contributed by atoms with Gasteiger partial charge in [-0.2, -0.15) is 0 Å². The minimum Gasteiger partial charge on any atom is -0.387 e. The molecule has 0 spiro atoms. The molecule has 0 aliphatic rings. The summed E-state index contributed by atoms with van der Waals surface area (Å²) in [7, 11) is 0. The first-order chi connectivity index (χ1) is 23.4. The minimum atomic E-state index is -2.18. The van der Waals surface area contributed by atoms with Crippen molar-refractivity contribution in [3.8, 4) is 0 Å². The molecule has 0 unspecified atom stereocenters. The molecule has 8 aromatic carbocycles. The van der Waals surface area contributed by atoms with Gasteiger partial charge in [-0.3, -0.25) is 0 Å². The molecule has 0 aliphatic heterocycles. The van der Waals surface area contributed by atoms with Gasteiger partial charge in [0.05, 0.1) is 0 Å². The molecule has 0 aromatic heterocycles. The van der Waals surface area contributed by atoms with Crippen molar-refractivity contribution >= 4 is 43.1 Å². The van der Waals surface area contributed by atoms with Gasteiger partial charge in [0, 0.05) is 0 Å². The van der Waals surface area contributed by atoms with Crippen LogP contribution in [0.2, 0.25) is 0 Å². The summed E-state index contributed by atoms with van der Waals surface area (Å²) in [6, 6.07) is 53.0. The zero-order chi connectivity index (χ0) is 32.9. The molecule has 48 heavy (non-hydrogen) atoms. The highest BCUT2D eigenvalue weighted by Crippen LogP contribution is 2.47. The molecular weight excluding hydrogens is 592 g/mol. The van der Waals surface area contributed by atoms with Gasteiger partial charge in [0.15, 0.2) is 0 Å². The molecule has 2 atom stereocenters. The topological polar surface area (TPSA) is 80.9 Å². The van der Waals surface area contributed by atoms with E-state index in [4.69, 9.17) is 0 Å². The summed E-state index contributed by atoms with van der Waals surface area (Å²) >= 11 is 0. The van der Waals surface area contributed by atoms with Crippen molar-refractivity contribution in [3.05, 3.63) is 192 Å². The fraction of sp³-hybridized carbons (Fsp3) is 0.0909. The molecule has 4 heteroatoms. The van der Waals surface area contributed by atoms with Gasteiger partial charge in [-0.25, -0.2) is 0 Å². The Labute approximate surface area is 278 Å². The standard InChI is InChI=1S/C44H34O4/c45-41(43(47,37-25-9-17-29-13-1-5-21-33(29)37)38-26-10-18-30-14-2-6-22-34(30)38)42(46)44(48,39-27-11-19-31-15-3-7-23-35(31)39)40-28-12-20-32-16-4-8-24-36(32)40/h1-28,41-42,45-48H/t41-,42-/m1/s1. The van der Waals surface area contributed by atoms with Crippen molar-refractivity contribution < 1.29 is 20.4 Å². The van der Waals surface area contributed by atoms with Crippen LogP contribution in [-0.4, -0.2) is 32.6 Å². The van der Waals surface area contributed by atoms with E-state index in [0.717, 1.165) is 43.1 Å². The zero-order valence-electron chi connectivity index (χ0n) is 26.1. The third-order valence-electron chi connectivity index (χ3n) is 9.96. The van der Waals surface area contributed by atoms with Crippen molar-refractivity contribution in [3.63, 3.8) is 0 Å². The maximum absolute atomic E-state index is 13.4. The Hall–Kier alpha value is -5.36. The van der Waals surface area contributed by atoms with E-state index in [2.05, 4.69) is 0 Å². The second kappa shape index (κ2) is 11.7. The van der Waals surface area contributed by atoms with Crippen LogP contribution in [-0.2, 0) is 11.2 Å². The van der Waals surface area contributed by atoms with Crippen molar-refractivity contribution in [1.29, 1.82) is 0 Å². The van der Waals surface area contributed by atoms with Gasteiger partial charge >= 0.3 is 0 Å². The van der Waals surface area contributed by atoms with Crippen molar-refractivity contribution in [1.82, 2.24) is 0 Å². The molecular formula is C44H34O4. The summed E-state index contributed by atoms with van der Waals surface area (Å²) in [4.78, 5) is 0. The molecule has 4 N–H and O–H groups in total. The van der Waals surface area contributed by atoms with Gasteiger partial charge in [-0.1, -0.05) is 170 Å². The van der Waals surface area contributed by atoms with Gasteiger partial charge in [0.2, 0.25) is 0 Å². The predicted molar refractivity (Wildman–Crippen MR) is 194 cm³/mol. The SMILES string of the molecule is O[C@H]([C@@H](O)C(O)(c1cccc2ccccc12)c1cccc2ccccc12)C(O)(c1cccc2ccccc12)c1cccc2ccccc12. The third-order valence-corrected chi connectivity index (χ3v) is 9.96. The molecule has 8 aromatic rings.